The molecule has 0 aliphatic rings. The smallest absolute Gasteiger partial charge is 0.0641 e. The van der Waals surface area contributed by atoms with Gasteiger partial charge in [0, 0.05) is 24.7 Å². The van der Waals surface area contributed by atoms with Crippen LogP contribution in [0.3, 0.4) is 0 Å². The van der Waals surface area contributed by atoms with Gasteiger partial charge in [-0.2, -0.15) is 0 Å². The molecule has 0 saturated heterocycles. The van der Waals surface area contributed by atoms with Gasteiger partial charge in [0.05, 0.1) is 18.0 Å². The third-order valence-corrected chi connectivity index (χ3v) is 2.92. The lowest BCUT2D eigenvalue weighted by Crippen LogP contribution is -2.24. The number of likely N-dealkylation sites (N-methyl/N-ethyl adjacent to an activating group) is 1. The molecule has 17 heavy (non-hydrogen) atoms. The number of rotatable bonds is 6. The summed E-state index contributed by atoms with van der Waals surface area (Å²) in [7, 11) is 2.03. The van der Waals surface area contributed by atoms with Crippen molar-refractivity contribution in [2.75, 3.05) is 37.4 Å². The third-order valence-electron chi connectivity index (χ3n) is 2.42. The van der Waals surface area contributed by atoms with Gasteiger partial charge in [0.15, 0.2) is 0 Å². The first kappa shape index (κ1) is 14.3. The van der Waals surface area contributed by atoms with Crippen molar-refractivity contribution in [3.8, 4) is 0 Å². The van der Waals surface area contributed by atoms with Gasteiger partial charge in [0.25, 0.3) is 0 Å². The molecule has 96 valence electrons. The summed E-state index contributed by atoms with van der Waals surface area (Å²) in [4.78, 5) is 2.11. The molecular weight excluding hydrogens is 280 g/mol. The van der Waals surface area contributed by atoms with Crippen molar-refractivity contribution in [3.05, 3.63) is 22.7 Å². The van der Waals surface area contributed by atoms with Crippen molar-refractivity contribution in [1.29, 1.82) is 0 Å². The molecule has 1 aromatic rings. The van der Waals surface area contributed by atoms with Gasteiger partial charge in [-0.15, -0.1) is 0 Å². The monoisotopic (exact) mass is 300 g/mol. The topological polar surface area (TPSA) is 38.5 Å². The maximum atomic E-state index is 5.96. The molecule has 0 aromatic heterocycles. The van der Waals surface area contributed by atoms with E-state index in [0.29, 0.717) is 5.92 Å². The van der Waals surface area contributed by atoms with Gasteiger partial charge in [-0.25, -0.2) is 0 Å². The molecule has 0 amide bonds. The maximum Gasteiger partial charge on any atom is 0.0641 e. The predicted octanol–water partition coefficient (Wildman–Crippen LogP) is 3.14. The maximum absolute atomic E-state index is 5.96. The number of nitrogens with two attached hydrogens (primary N) is 1. The Hall–Kier alpha value is -0.740. The fourth-order valence-electron chi connectivity index (χ4n) is 1.51. The van der Waals surface area contributed by atoms with Crippen LogP contribution in [-0.2, 0) is 4.74 Å². The van der Waals surface area contributed by atoms with E-state index >= 15 is 0 Å². The van der Waals surface area contributed by atoms with Crippen LogP contribution in [0.15, 0.2) is 22.7 Å². The molecular formula is C13H21BrN2O. The average Bonchev–Trinajstić information content (AvgIpc) is 2.23. The Balaban J connectivity index is 2.44. The van der Waals surface area contributed by atoms with Gasteiger partial charge in [-0.05, 0) is 24.1 Å². The standard InChI is InChI=1S/C13H21BrN2O/c1-10(2)9-17-7-6-16(3)13-5-4-11(14)8-12(13)15/h4-5,8,10H,6-7,9,15H2,1-3H3. The highest BCUT2D eigenvalue weighted by atomic mass is 79.9. The SMILES string of the molecule is CC(C)COCCN(C)c1ccc(Br)cc1N. The zero-order valence-corrected chi connectivity index (χ0v) is 12.3. The Kier molecular flexibility index (Phi) is 5.78. The van der Waals surface area contributed by atoms with Crippen LogP contribution in [0.25, 0.3) is 0 Å². The van der Waals surface area contributed by atoms with Crippen molar-refractivity contribution in [3.63, 3.8) is 0 Å². The summed E-state index contributed by atoms with van der Waals surface area (Å²) >= 11 is 3.40. The van der Waals surface area contributed by atoms with Gasteiger partial charge < -0.3 is 15.4 Å². The van der Waals surface area contributed by atoms with Crippen LogP contribution in [0, 0.1) is 5.92 Å². The number of hydrogen-bond acceptors (Lipinski definition) is 3. The second kappa shape index (κ2) is 6.87. The van der Waals surface area contributed by atoms with Crippen LogP contribution in [0.1, 0.15) is 13.8 Å². The first-order chi connectivity index (χ1) is 8.00. The summed E-state index contributed by atoms with van der Waals surface area (Å²) in [5.41, 5.74) is 7.79. The van der Waals surface area contributed by atoms with E-state index in [1.807, 2.05) is 25.2 Å². The third kappa shape index (κ3) is 4.96. The number of benzene rings is 1. The first-order valence-corrected chi connectivity index (χ1v) is 6.64. The summed E-state index contributed by atoms with van der Waals surface area (Å²) in [6, 6.07) is 5.93. The molecule has 0 bridgehead atoms. The van der Waals surface area contributed by atoms with E-state index in [0.717, 1.165) is 35.6 Å². The zero-order valence-electron chi connectivity index (χ0n) is 10.7. The molecule has 0 heterocycles. The molecule has 2 N–H and O–H groups in total. The minimum atomic E-state index is 0.582. The summed E-state index contributed by atoms with van der Waals surface area (Å²) < 4.78 is 6.56. The molecule has 4 heteroatoms. The lowest BCUT2D eigenvalue weighted by atomic mass is 10.2. The van der Waals surface area contributed by atoms with Gasteiger partial charge in [-0.3, -0.25) is 0 Å². The van der Waals surface area contributed by atoms with Crippen molar-refractivity contribution >= 4 is 27.3 Å². The Labute approximate surface area is 112 Å². The second-order valence-electron chi connectivity index (χ2n) is 4.59. The summed E-state index contributed by atoms with van der Waals surface area (Å²) in [6.45, 7) is 6.68. The highest BCUT2D eigenvalue weighted by Gasteiger charge is 2.05. The van der Waals surface area contributed by atoms with E-state index in [4.69, 9.17) is 10.5 Å². The van der Waals surface area contributed by atoms with E-state index in [1.54, 1.807) is 0 Å². The summed E-state index contributed by atoms with van der Waals surface area (Å²) in [5, 5.41) is 0. The number of anilines is 2. The van der Waals surface area contributed by atoms with Gasteiger partial charge >= 0.3 is 0 Å². The number of hydrogen-bond donors (Lipinski definition) is 1. The van der Waals surface area contributed by atoms with E-state index in [1.165, 1.54) is 0 Å². The second-order valence-corrected chi connectivity index (χ2v) is 5.51. The van der Waals surface area contributed by atoms with Crippen molar-refractivity contribution < 1.29 is 4.74 Å². The van der Waals surface area contributed by atoms with Gasteiger partial charge in [-0.1, -0.05) is 29.8 Å². The summed E-state index contributed by atoms with van der Waals surface area (Å²) in [5.74, 6) is 0.582. The average molecular weight is 301 g/mol. The fraction of sp³-hybridized carbons (Fsp3) is 0.538. The molecule has 0 atom stereocenters. The zero-order chi connectivity index (χ0) is 12.8. The van der Waals surface area contributed by atoms with Crippen LogP contribution in [0.2, 0.25) is 0 Å². The van der Waals surface area contributed by atoms with E-state index in [2.05, 4.69) is 34.7 Å². The molecule has 3 nitrogen and oxygen atoms in total. The number of nitrogen functional groups attached to an aromatic ring is 1. The van der Waals surface area contributed by atoms with Gasteiger partial charge in [0.1, 0.15) is 0 Å². The normalized spacial score (nSPS) is 10.9. The van der Waals surface area contributed by atoms with Crippen molar-refractivity contribution in [1.82, 2.24) is 0 Å². The van der Waals surface area contributed by atoms with Crippen LogP contribution < -0.4 is 10.6 Å². The van der Waals surface area contributed by atoms with Crippen LogP contribution >= 0.6 is 15.9 Å². The van der Waals surface area contributed by atoms with Crippen LogP contribution in [0.5, 0.6) is 0 Å². The van der Waals surface area contributed by atoms with Crippen molar-refractivity contribution in [2.45, 2.75) is 13.8 Å². The first-order valence-electron chi connectivity index (χ1n) is 5.84. The minimum Gasteiger partial charge on any atom is -0.397 e. The van der Waals surface area contributed by atoms with Crippen LogP contribution in [-0.4, -0.2) is 26.8 Å². The Morgan fingerprint density at radius 1 is 1.41 bits per heavy atom. The van der Waals surface area contributed by atoms with E-state index < -0.39 is 0 Å². The highest BCUT2D eigenvalue weighted by molar-refractivity contribution is 9.10. The summed E-state index contributed by atoms with van der Waals surface area (Å²) in [6.07, 6.45) is 0. The molecule has 0 spiro atoms. The van der Waals surface area contributed by atoms with E-state index in [-0.39, 0.29) is 0 Å². The lowest BCUT2D eigenvalue weighted by Gasteiger charge is -2.21. The highest BCUT2D eigenvalue weighted by Crippen LogP contribution is 2.25. The minimum absolute atomic E-state index is 0.582. The molecule has 1 aromatic carbocycles. The molecule has 0 unspecified atom stereocenters. The fourth-order valence-corrected chi connectivity index (χ4v) is 1.89. The van der Waals surface area contributed by atoms with Gasteiger partial charge in [0.2, 0.25) is 0 Å². The quantitative estimate of drug-likeness (QED) is 0.648. The Morgan fingerprint density at radius 3 is 2.71 bits per heavy atom. The molecule has 0 fully saturated rings. The molecule has 0 saturated carbocycles. The molecule has 0 aliphatic heterocycles. The van der Waals surface area contributed by atoms with Crippen molar-refractivity contribution in [2.24, 2.45) is 5.92 Å². The predicted molar refractivity (Wildman–Crippen MR) is 77.5 cm³/mol. The molecule has 0 aliphatic carbocycles. The Morgan fingerprint density at radius 2 is 2.12 bits per heavy atom. The Bertz CT molecular complexity index is 355. The molecule has 1 rings (SSSR count). The largest absolute Gasteiger partial charge is 0.397 e. The molecule has 0 radical (unpaired) electrons. The van der Waals surface area contributed by atoms with E-state index in [9.17, 15) is 0 Å². The number of nitrogens with zero attached hydrogens (tertiary/aromatic N) is 1. The lowest BCUT2D eigenvalue weighted by molar-refractivity contribution is 0.116. The van der Waals surface area contributed by atoms with Crippen LogP contribution in [0.4, 0.5) is 11.4 Å². The number of ether oxygens (including phenoxy) is 1. The number of halogens is 1.